The lowest BCUT2D eigenvalue weighted by atomic mass is 10.1. The Labute approximate surface area is 112 Å². The molecule has 1 aromatic carbocycles. The van der Waals surface area contributed by atoms with Crippen molar-refractivity contribution in [2.24, 2.45) is 0 Å². The van der Waals surface area contributed by atoms with E-state index in [1.165, 1.54) is 0 Å². The standard InChI is InChI=1S/C14H18N2O3/c1-10-14(19)15-8-9-16(10)13(18)7-6-11-4-2-3-5-12(11)17/h2-5,10,17H,6-9H2,1H3,(H,15,19). The smallest absolute Gasteiger partial charge is 0.242 e. The molecule has 2 rings (SSSR count). The Morgan fingerprint density at radius 3 is 2.95 bits per heavy atom. The summed E-state index contributed by atoms with van der Waals surface area (Å²) in [5.74, 6) is 0.0486. The van der Waals surface area contributed by atoms with E-state index in [0.717, 1.165) is 5.56 Å². The molecule has 0 saturated carbocycles. The number of phenolic OH excluding ortho intramolecular Hbond substituents is 1. The highest BCUT2D eigenvalue weighted by molar-refractivity contribution is 5.88. The van der Waals surface area contributed by atoms with E-state index in [1.807, 2.05) is 6.07 Å². The summed E-state index contributed by atoms with van der Waals surface area (Å²) in [4.78, 5) is 25.2. The normalized spacial score (nSPS) is 19.1. The summed E-state index contributed by atoms with van der Waals surface area (Å²) in [6.45, 7) is 2.78. The van der Waals surface area contributed by atoms with Gasteiger partial charge in [0.25, 0.3) is 0 Å². The molecule has 5 nitrogen and oxygen atoms in total. The van der Waals surface area contributed by atoms with E-state index in [0.29, 0.717) is 25.9 Å². The van der Waals surface area contributed by atoms with Gasteiger partial charge >= 0.3 is 0 Å². The van der Waals surface area contributed by atoms with Gasteiger partial charge in [-0.3, -0.25) is 9.59 Å². The quantitative estimate of drug-likeness (QED) is 0.841. The third-order valence-corrected chi connectivity index (χ3v) is 3.42. The van der Waals surface area contributed by atoms with Crippen LogP contribution in [0.3, 0.4) is 0 Å². The molecule has 0 aliphatic carbocycles. The lowest BCUT2D eigenvalue weighted by Gasteiger charge is -2.32. The maximum atomic E-state index is 12.1. The van der Waals surface area contributed by atoms with Gasteiger partial charge < -0.3 is 15.3 Å². The average Bonchev–Trinajstić information content (AvgIpc) is 2.40. The van der Waals surface area contributed by atoms with Crippen molar-refractivity contribution in [1.29, 1.82) is 0 Å². The van der Waals surface area contributed by atoms with Crippen LogP contribution in [0, 0.1) is 0 Å². The first-order chi connectivity index (χ1) is 9.09. The zero-order valence-corrected chi connectivity index (χ0v) is 10.9. The molecule has 1 unspecified atom stereocenters. The Morgan fingerprint density at radius 2 is 2.21 bits per heavy atom. The van der Waals surface area contributed by atoms with Crippen molar-refractivity contribution in [1.82, 2.24) is 10.2 Å². The Bertz CT molecular complexity index is 487. The number of carbonyl (C=O) groups excluding carboxylic acids is 2. The van der Waals surface area contributed by atoms with E-state index in [9.17, 15) is 14.7 Å². The Morgan fingerprint density at radius 1 is 1.47 bits per heavy atom. The van der Waals surface area contributed by atoms with Gasteiger partial charge in [-0.25, -0.2) is 0 Å². The van der Waals surface area contributed by atoms with E-state index in [-0.39, 0.29) is 17.6 Å². The summed E-state index contributed by atoms with van der Waals surface area (Å²) >= 11 is 0. The van der Waals surface area contributed by atoms with Crippen LogP contribution in [0.2, 0.25) is 0 Å². The van der Waals surface area contributed by atoms with E-state index >= 15 is 0 Å². The SMILES string of the molecule is CC1C(=O)NCCN1C(=O)CCc1ccccc1O. The summed E-state index contributed by atoms with van der Waals surface area (Å²) in [6.07, 6.45) is 0.783. The number of aromatic hydroxyl groups is 1. The minimum atomic E-state index is -0.411. The molecule has 0 radical (unpaired) electrons. The molecule has 0 aromatic heterocycles. The molecule has 1 fully saturated rings. The molecular weight excluding hydrogens is 244 g/mol. The lowest BCUT2D eigenvalue weighted by Crippen LogP contribution is -2.55. The largest absolute Gasteiger partial charge is 0.508 e. The number of para-hydroxylation sites is 1. The first-order valence-corrected chi connectivity index (χ1v) is 6.43. The monoisotopic (exact) mass is 262 g/mol. The molecule has 5 heteroatoms. The number of carbonyl (C=O) groups is 2. The number of nitrogens with one attached hydrogen (secondary N) is 1. The minimum absolute atomic E-state index is 0.0504. The van der Waals surface area contributed by atoms with E-state index in [2.05, 4.69) is 5.32 Å². The second kappa shape index (κ2) is 5.73. The minimum Gasteiger partial charge on any atom is -0.508 e. The Balaban J connectivity index is 1.94. The number of nitrogens with zero attached hydrogens (tertiary/aromatic N) is 1. The number of aryl methyl sites for hydroxylation is 1. The highest BCUT2D eigenvalue weighted by Gasteiger charge is 2.28. The van der Waals surface area contributed by atoms with Crippen LogP contribution in [-0.2, 0) is 16.0 Å². The van der Waals surface area contributed by atoms with Gasteiger partial charge in [0.15, 0.2) is 0 Å². The summed E-state index contributed by atoms with van der Waals surface area (Å²) in [6, 6.07) is 6.57. The van der Waals surface area contributed by atoms with Crippen LogP contribution in [-0.4, -0.2) is 41.0 Å². The molecule has 102 valence electrons. The van der Waals surface area contributed by atoms with E-state index in [4.69, 9.17) is 0 Å². The number of hydrogen-bond acceptors (Lipinski definition) is 3. The Kier molecular flexibility index (Phi) is 4.04. The lowest BCUT2D eigenvalue weighted by molar-refractivity contribution is -0.142. The molecule has 1 aromatic rings. The third-order valence-electron chi connectivity index (χ3n) is 3.42. The molecule has 1 aliphatic heterocycles. The zero-order chi connectivity index (χ0) is 13.8. The third kappa shape index (κ3) is 3.05. The predicted molar refractivity (Wildman–Crippen MR) is 70.6 cm³/mol. The second-order valence-corrected chi connectivity index (χ2v) is 4.68. The van der Waals surface area contributed by atoms with Crippen molar-refractivity contribution >= 4 is 11.8 Å². The first-order valence-electron chi connectivity index (χ1n) is 6.43. The van der Waals surface area contributed by atoms with Crippen LogP contribution in [0.15, 0.2) is 24.3 Å². The van der Waals surface area contributed by atoms with Crippen molar-refractivity contribution in [3.63, 3.8) is 0 Å². The zero-order valence-electron chi connectivity index (χ0n) is 10.9. The van der Waals surface area contributed by atoms with Crippen LogP contribution < -0.4 is 5.32 Å². The number of amides is 2. The second-order valence-electron chi connectivity index (χ2n) is 4.68. The fourth-order valence-electron chi connectivity index (χ4n) is 2.23. The maximum absolute atomic E-state index is 12.1. The number of phenols is 1. The van der Waals surface area contributed by atoms with Crippen LogP contribution in [0.5, 0.6) is 5.75 Å². The van der Waals surface area contributed by atoms with Crippen LogP contribution >= 0.6 is 0 Å². The number of hydrogen-bond donors (Lipinski definition) is 2. The van der Waals surface area contributed by atoms with Crippen molar-refractivity contribution in [2.45, 2.75) is 25.8 Å². The number of benzene rings is 1. The highest BCUT2D eigenvalue weighted by Crippen LogP contribution is 2.18. The molecule has 2 N–H and O–H groups in total. The summed E-state index contributed by atoms with van der Waals surface area (Å²) in [7, 11) is 0. The van der Waals surface area contributed by atoms with Crippen LogP contribution in [0.1, 0.15) is 18.9 Å². The summed E-state index contributed by atoms with van der Waals surface area (Å²) < 4.78 is 0. The topological polar surface area (TPSA) is 69.6 Å². The van der Waals surface area contributed by atoms with Gasteiger partial charge in [-0.2, -0.15) is 0 Å². The van der Waals surface area contributed by atoms with Crippen molar-refractivity contribution in [3.05, 3.63) is 29.8 Å². The summed E-state index contributed by atoms with van der Waals surface area (Å²) in [5, 5.41) is 12.4. The molecule has 0 bridgehead atoms. The molecule has 1 aliphatic rings. The van der Waals surface area contributed by atoms with Crippen molar-refractivity contribution in [3.8, 4) is 5.75 Å². The van der Waals surface area contributed by atoms with Crippen molar-refractivity contribution in [2.75, 3.05) is 13.1 Å². The van der Waals surface area contributed by atoms with E-state index in [1.54, 1.807) is 30.0 Å². The van der Waals surface area contributed by atoms with Gasteiger partial charge in [0.1, 0.15) is 11.8 Å². The van der Waals surface area contributed by atoms with Crippen LogP contribution in [0.4, 0.5) is 0 Å². The first kappa shape index (κ1) is 13.4. The summed E-state index contributed by atoms with van der Waals surface area (Å²) in [5.41, 5.74) is 0.755. The molecule has 2 amide bonds. The number of rotatable bonds is 3. The highest BCUT2D eigenvalue weighted by atomic mass is 16.3. The van der Waals surface area contributed by atoms with Gasteiger partial charge in [-0.05, 0) is 25.0 Å². The molecule has 1 saturated heterocycles. The predicted octanol–water partition coefficient (Wildman–Crippen LogP) is 0.672. The van der Waals surface area contributed by atoms with Crippen LogP contribution in [0.25, 0.3) is 0 Å². The van der Waals surface area contributed by atoms with E-state index < -0.39 is 6.04 Å². The number of piperazine rings is 1. The molecule has 19 heavy (non-hydrogen) atoms. The van der Waals surface area contributed by atoms with Gasteiger partial charge in [0, 0.05) is 19.5 Å². The fourth-order valence-corrected chi connectivity index (χ4v) is 2.23. The van der Waals surface area contributed by atoms with Gasteiger partial charge in [-0.15, -0.1) is 0 Å². The van der Waals surface area contributed by atoms with Gasteiger partial charge in [0.05, 0.1) is 0 Å². The average molecular weight is 262 g/mol. The maximum Gasteiger partial charge on any atom is 0.242 e. The van der Waals surface area contributed by atoms with Gasteiger partial charge in [-0.1, -0.05) is 18.2 Å². The van der Waals surface area contributed by atoms with Gasteiger partial charge in [0.2, 0.25) is 11.8 Å². The molecule has 0 spiro atoms. The fraction of sp³-hybridized carbons (Fsp3) is 0.429. The molecule has 1 atom stereocenters. The van der Waals surface area contributed by atoms with Crippen molar-refractivity contribution < 1.29 is 14.7 Å². The Hall–Kier alpha value is -2.04. The molecule has 1 heterocycles. The molecular formula is C14H18N2O3.